The van der Waals surface area contributed by atoms with Crippen molar-refractivity contribution in [3.8, 4) is 0 Å². The highest BCUT2D eigenvalue weighted by Gasteiger charge is 2.41. The summed E-state index contributed by atoms with van der Waals surface area (Å²) in [5, 5.41) is 10.6. The Balaban J connectivity index is 1.69. The number of allylic oxidation sites excluding steroid dienone is 3. The number of hydrogen-bond donors (Lipinski definition) is 2. The van der Waals surface area contributed by atoms with Crippen molar-refractivity contribution in [2.45, 2.75) is 25.0 Å². The molecule has 4 nitrogen and oxygen atoms in total. The molecule has 0 saturated carbocycles. The van der Waals surface area contributed by atoms with Crippen molar-refractivity contribution in [1.82, 2.24) is 14.9 Å². The van der Waals surface area contributed by atoms with Gasteiger partial charge in [0.15, 0.2) is 0 Å². The van der Waals surface area contributed by atoms with Gasteiger partial charge < -0.3 is 15.0 Å². The number of aromatic nitrogens is 2. The third-order valence-corrected chi connectivity index (χ3v) is 4.34. The first-order chi connectivity index (χ1) is 9.34. The molecular weight excluding hydrogens is 238 g/mol. The first-order valence-electron chi connectivity index (χ1n) is 6.87. The van der Waals surface area contributed by atoms with Crippen LogP contribution in [0.25, 0.3) is 0 Å². The van der Waals surface area contributed by atoms with Gasteiger partial charge >= 0.3 is 0 Å². The largest absolute Gasteiger partial charge is 0.381 e. The first-order valence-corrected chi connectivity index (χ1v) is 6.87. The van der Waals surface area contributed by atoms with Gasteiger partial charge in [-0.25, -0.2) is 4.98 Å². The number of H-pyrrole nitrogens is 1. The summed E-state index contributed by atoms with van der Waals surface area (Å²) in [6, 6.07) is 0.280. The summed E-state index contributed by atoms with van der Waals surface area (Å²) < 4.78 is 0. The van der Waals surface area contributed by atoms with Gasteiger partial charge in [-0.15, -0.1) is 0 Å². The second-order valence-corrected chi connectivity index (χ2v) is 5.41. The molecule has 2 unspecified atom stereocenters. The Morgan fingerprint density at radius 2 is 2.42 bits per heavy atom. The van der Waals surface area contributed by atoms with E-state index in [1.54, 1.807) is 12.4 Å². The standard InChI is InChI=1S/C15H17N3O/c19-14(15-16-6-7-17-15)12-5-1-3-10-9-11-4-2-8-18(11)13(10)12/h1,3,5-7,9-10,13-14,19H,2,4,8H2,(H,16,17)/t10?,13?,14-/m0/s1. The number of aliphatic hydroxyl groups excluding tert-OH is 1. The van der Waals surface area contributed by atoms with Crippen molar-refractivity contribution in [2.24, 2.45) is 5.92 Å². The predicted molar refractivity (Wildman–Crippen MR) is 72.1 cm³/mol. The van der Waals surface area contributed by atoms with Gasteiger partial charge in [0.2, 0.25) is 0 Å². The van der Waals surface area contributed by atoms with Gasteiger partial charge in [0.25, 0.3) is 0 Å². The predicted octanol–water partition coefficient (Wildman–Crippen LogP) is 1.92. The fourth-order valence-corrected chi connectivity index (χ4v) is 3.53. The molecule has 0 aromatic carbocycles. The van der Waals surface area contributed by atoms with Crippen LogP contribution in [0.15, 0.2) is 48.0 Å². The van der Waals surface area contributed by atoms with Crippen molar-refractivity contribution in [2.75, 3.05) is 6.54 Å². The molecule has 2 N–H and O–H groups in total. The Morgan fingerprint density at radius 3 is 3.26 bits per heavy atom. The highest BCUT2D eigenvalue weighted by Crippen LogP contribution is 2.43. The Labute approximate surface area is 112 Å². The normalized spacial score (nSPS) is 29.8. The molecule has 1 aromatic rings. The molecule has 1 aliphatic carbocycles. The lowest BCUT2D eigenvalue weighted by Gasteiger charge is -2.33. The second-order valence-electron chi connectivity index (χ2n) is 5.41. The number of aromatic amines is 1. The zero-order valence-electron chi connectivity index (χ0n) is 10.7. The average molecular weight is 255 g/mol. The van der Waals surface area contributed by atoms with Crippen LogP contribution in [-0.4, -0.2) is 32.6 Å². The number of imidazole rings is 1. The Kier molecular flexibility index (Phi) is 2.38. The lowest BCUT2D eigenvalue weighted by atomic mass is 9.86. The molecule has 1 saturated heterocycles. The average Bonchev–Trinajstić information content (AvgIpc) is 3.13. The molecule has 19 heavy (non-hydrogen) atoms. The monoisotopic (exact) mass is 255 g/mol. The van der Waals surface area contributed by atoms with E-state index in [9.17, 15) is 5.11 Å². The first kappa shape index (κ1) is 11.1. The van der Waals surface area contributed by atoms with Crippen LogP contribution in [0.4, 0.5) is 0 Å². The molecule has 4 heteroatoms. The summed E-state index contributed by atoms with van der Waals surface area (Å²) in [7, 11) is 0. The van der Waals surface area contributed by atoms with Crippen LogP contribution in [0.2, 0.25) is 0 Å². The number of hydrogen-bond acceptors (Lipinski definition) is 3. The van der Waals surface area contributed by atoms with Gasteiger partial charge in [0.1, 0.15) is 11.9 Å². The van der Waals surface area contributed by atoms with E-state index in [-0.39, 0.29) is 6.04 Å². The number of nitrogens with one attached hydrogen (secondary N) is 1. The van der Waals surface area contributed by atoms with Gasteiger partial charge in [-0.3, -0.25) is 0 Å². The number of aliphatic hydroxyl groups is 1. The minimum Gasteiger partial charge on any atom is -0.381 e. The molecule has 2 aliphatic heterocycles. The Hall–Kier alpha value is -1.81. The fraction of sp³-hybridized carbons (Fsp3) is 0.400. The minimum absolute atomic E-state index is 0.280. The Bertz CT molecular complexity index is 570. The maximum absolute atomic E-state index is 10.6. The minimum atomic E-state index is -0.638. The van der Waals surface area contributed by atoms with Crippen molar-refractivity contribution in [3.63, 3.8) is 0 Å². The number of fused-ring (bicyclic) bond motifs is 3. The van der Waals surface area contributed by atoms with E-state index >= 15 is 0 Å². The van der Waals surface area contributed by atoms with E-state index in [0.717, 1.165) is 12.1 Å². The molecule has 1 fully saturated rings. The lowest BCUT2D eigenvalue weighted by Crippen LogP contribution is -2.36. The van der Waals surface area contributed by atoms with Crippen LogP contribution in [0.3, 0.4) is 0 Å². The topological polar surface area (TPSA) is 52.1 Å². The van der Waals surface area contributed by atoms with E-state index < -0.39 is 6.10 Å². The lowest BCUT2D eigenvalue weighted by molar-refractivity contribution is 0.174. The third-order valence-electron chi connectivity index (χ3n) is 4.34. The van der Waals surface area contributed by atoms with Gasteiger partial charge in [-0.05, 0) is 18.4 Å². The van der Waals surface area contributed by atoms with Crippen LogP contribution in [0, 0.1) is 5.92 Å². The van der Waals surface area contributed by atoms with Crippen molar-refractivity contribution < 1.29 is 5.11 Å². The summed E-state index contributed by atoms with van der Waals surface area (Å²) >= 11 is 0. The fourth-order valence-electron chi connectivity index (χ4n) is 3.53. The van der Waals surface area contributed by atoms with E-state index in [4.69, 9.17) is 0 Å². The van der Waals surface area contributed by atoms with Crippen molar-refractivity contribution in [3.05, 3.63) is 53.8 Å². The molecule has 0 radical (unpaired) electrons. The molecule has 4 rings (SSSR count). The third kappa shape index (κ3) is 1.60. The zero-order valence-corrected chi connectivity index (χ0v) is 10.7. The van der Waals surface area contributed by atoms with Crippen LogP contribution in [0.1, 0.15) is 24.8 Å². The zero-order chi connectivity index (χ0) is 12.8. The van der Waals surface area contributed by atoms with Gasteiger partial charge in [-0.1, -0.05) is 24.3 Å². The maximum atomic E-state index is 10.6. The second kappa shape index (κ2) is 4.10. The molecule has 3 aliphatic rings. The molecule has 0 amide bonds. The highest BCUT2D eigenvalue weighted by atomic mass is 16.3. The molecule has 3 atom stereocenters. The maximum Gasteiger partial charge on any atom is 0.139 e. The highest BCUT2D eigenvalue weighted by molar-refractivity contribution is 5.39. The van der Waals surface area contributed by atoms with Gasteiger partial charge in [0.05, 0.1) is 6.04 Å². The van der Waals surface area contributed by atoms with E-state index in [2.05, 4.69) is 33.1 Å². The van der Waals surface area contributed by atoms with Crippen LogP contribution < -0.4 is 0 Å². The summed E-state index contributed by atoms with van der Waals surface area (Å²) in [6.07, 6.45) is 13.9. The van der Waals surface area contributed by atoms with Crippen LogP contribution >= 0.6 is 0 Å². The molecule has 0 spiro atoms. The van der Waals surface area contributed by atoms with E-state index in [0.29, 0.717) is 11.7 Å². The Morgan fingerprint density at radius 1 is 1.47 bits per heavy atom. The van der Waals surface area contributed by atoms with Crippen LogP contribution in [0.5, 0.6) is 0 Å². The van der Waals surface area contributed by atoms with Crippen molar-refractivity contribution in [1.29, 1.82) is 0 Å². The summed E-state index contributed by atoms with van der Waals surface area (Å²) in [5.41, 5.74) is 2.50. The summed E-state index contributed by atoms with van der Waals surface area (Å²) in [5.74, 6) is 1.04. The summed E-state index contributed by atoms with van der Waals surface area (Å²) in [6.45, 7) is 1.10. The molecule has 1 aromatic heterocycles. The molecule has 98 valence electrons. The number of nitrogens with zero attached hydrogens (tertiary/aromatic N) is 2. The molecule has 3 heterocycles. The van der Waals surface area contributed by atoms with E-state index in [1.807, 2.05) is 6.08 Å². The summed E-state index contributed by atoms with van der Waals surface area (Å²) in [4.78, 5) is 9.65. The molecule has 0 bridgehead atoms. The van der Waals surface area contributed by atoms with Crippen molar-refractivity contribution >= 4 is 0 Å². The van der Waals surface area contributed by atoms with Gasteiger partial charge in [-0.2, -0.15) is 0 Å². The van der Waals surface area contributed by atoms with E-state index in [1.165, 1.54) is 18.5 Å². The van der Waals surface area contributed by atoms with Crippen LogP contribution in [-0.2, 0) is 0 Å². The van der Waals surface area contributed by atoms with Gasteiger partial charge in [0, 0.05) is 30.6 Å². The SMILES string of the molecule is O[C@@H](C1=CC=CC2C=C3CCCN3C12)c1ncc[nH]1. The smallest absolute Gasteiger partial charge is 0.139 e. The quantitative estimate of drug-likeness (QED) is 0.849. The number of rotatable bonds is 2. The molecular formula is C15H17N3O.